The number of ether oxygens (including phenoxy) is 2. The summed E-state index contributed by atoms with van der Waals surface area (Å²) in [6.07, 6.45) is 0. The predicted molar refractivity (Wildman–Crippen MR) is 39.4 cm³/mol. The lowest BCUT2D eigenvalue weighted by Gasteiger charge is -2.26. The van der Waals surface area contributed by atoms with Crippen molar-refractivity contribution in [3.05, 3.63) is 0 Å². The summed E-state index contributed by atoms with van der Waals surface area (Å²) >= 11 is 0. The minimum absolute atomic E-state index is 0.340. The van der Waals surface area contributed by atoms with Crippen LogP contribution in [0.15, 0.2) is 0 Å². The van der Waals surface area contributed by atoms with Gasteiger partial charge in [-0.25, -0.2) is 0 Å². The van der Waals surface area contributed by atoms with E-state index in [0.717, 1.165) is 39.5 Å². The minimum atomic E-state index is 0.340. The Morgan fingerprint density at radius 2 is 1.27 bits per heavy atom. The monoisotopic (exact) mass is 155 g/mol. The molecule has 3 fully saturated rings. The lowest BCUT2D eigenvalue weighted by Crippen LogP contribution is -2.38. The Bertz CT molecular complexity index is 145. The molecular formula is C8H13NO2. The highest BCUT2D eigenvalue weighted by atomic mass is 16.5. The second-order valence-electron chi connectivity index (χ2n) is 4.15. The van der Waals surface area contributed by atoms with E-state index < -0.39 is 0 Å². The smallest absolute Gasteiger partial charge is 0.0564 e. The Hall–Kier alpha value is -0.120. The summed E-state index contributed by atoms with van der Waals surface area (Å²) in [6.45, 7) is 5.79. The first kappa shape index (κ1) is 6.40. The molecule has 0 spiro atoms. The van der Waals surface area contributed by atoms with Gasteiger partial charge in [0.15, 0.2) is 0 Å². The quantitative estimate of drug-likeness (QED) is 0.517. The van der Waals surface area contributed by atoms with E-state index in [1.165, 1.54) is 0 Å². The van der Waals surface area contributed by atoms with E-state index in [1.54, 1.807) is 0 Å². The predicted octanol–water partition coefficient (Wildman–Crippen LogP) is -0.377. The highest BCUT2D eigenvalue weighted by Crippen LogP contribution is 2.52. The van der Waals surface area contributed by atoms with Crippen LogP contribution in [-0.2, 0) is 9.47 Å². The van der Waals surface area contributed by atoms with Gasteiger partial charge in [0, 0.05) is 23.9 Å². The average molecular weight is 155 g/mol. The van der Waals surface area contributed by atoms with E-state index >= 15 is 0 Å². The molecule has 0 radical (unpaired) electrons. The van der Waals surface area contributed by atoms with Gasteiger partial charge in [0.05, 0.1) is 26.4 Å². The number of hydrogen-bond acceptors (Lipinski definition) is 3. The highest BCUT2D eigenvalue weighted by molar-refractivity contribution is 5.11. The van der Waals surface area contributed by atoms with Crippen LogP contribution in [0.5, 0.6) is 0 Å². The Balaban J connectivity index is 2.06. The molecule has 0 atom stereocenters. The molecule has 3 aliphatic rings. The molecule has 0 aromatic carbocycles. The van der Waals surface area contributed by atoms with Crippen LogP contribution >= 0.6 is 0 Å². The fourth-order valence-corrected chi connectivity index (χ4v) is 2.70. The zero-order valence-corrected chi connectivity index (χ0v) is 6.56. The van der Waals surface area contributed by atoms with E-state index in [9.17, 15) is 0 Å². The first-order valence-corrected chi connectivity index (χ1v) is 4.23. The first-order chi connectivity index (χ1) is 5.37. The zero-order valence-electron chi connectivity index (χ0n) is 6.56. The lowest BCUT2D eigenvalue weighted by molar-refractivity contribution is 0.0691. The summed E-state index contributed by atoms with van der Waals surface area (Å²) in [7, 11) is 0. The van der Waals surface area contributed by atoms with Crippen molar-refractivity contribution in [1.82, 2.24) is 5.32 Å². The van der Waals surface area contributed by atoms with Gasteiger partial charge in [-0.15, -0.1) is 0 Å². The van der Waals surface area contributed by atoms with Crippen LogP contribution in [0.1, 0.15) is 0 Å². The summed E-state index contributed by atoms with van der Waals surface area (Å²) in [6, 6.07) is 0. The van der Waals surface area contributed by atoms with Crippen LogP contribution in [-0.4, -0.2) is 39.5 Å². The minimum Gasteiger partial charge on any atom is -0.380 e. The van der Waals surface area contributed by atoms with Crippen LogP contribution < -0.4 is 5.32 Å². The number of nitrogens with one attached hydrogen (secondary N) is 1. The Labute approximate surface area is 66.1 Å². The van der Waals surface area contributed by atoms with Gasteiger partial charge in [-0.1, -0.05) is 0 Å². The van der Waals surface area contributed by atoms with Crippen molar-refractivity contribution in [2.75, 3.05) is 39.5 Å². The van der Waals surface area contributed by atoms with Gasteiger partial charge in [-0.05, 0) is 0 Å². The lowest BCUT2D eigenvalue weighted by atomic mass is 9.71. The van der Waals surface area contributed by atoms with Gasteiger partial charge in [0.2, 0.25) is 0 Å². The molecular weight excluding hydrogens is 142 g/mol. The largest absolute Gasteiger partial charge is 0.380 e. The molecule has 0 amide bonds. The molecule has 3 aliphatic heterocycles. The third kappa shape index (κ3) is 0.567. The van der Waals surface area contributed by atoms with E-state index in [4.69, 9.17) is 9.47 Å². The molecule has 3 heteroatoms. The molecule has 0 aromatic rings. The number of rotatable bonds is 0. The SMILES string of the molecule is C1NCC23COCC12COC3. The molecule has 62 valence electrons. The van der Waals surface area contributed by atoms with Gasteiger partial charge in [-0.2, -0.15) is 0 Å². The van der Waals surface area contributed by atoms with Crippen molar-refractivity contribution in [1.29, 1.82) is 0 Å². The second kappa shape index (κ2) is 1.79. The molecule has 3 heterocycles. The molecule has 3 rings (SSSR count). The van der Waals surface area contributed by atoms with Crippen molar-refractivity contribution >= 4 is 0 Å². The normalized spacial score (nSPS) is 54.5. The van der Waals surface area contributed by atoms with Crippen molar-refractivity contribution < 1.29 is 9.47 Å². The van der Waals surface area contributed by atoms with Gasteiger partial charge >= 0.3 is 0 Å². The van der Waals surface area contributed by atoms with Crippen molar-refractivity contribution in [2.45, 2.75) is 0 Å². The second-order valence-corrected chi connectivity index (χ2v) is 4.15. The fraction of sp³-hybridized carbons (Fsp3) is 1.00. The summed E-state index contributed by atoms with van der Waals surface area (Å²) in [5, 5.41) is 3.45. The molecule has 0 aliphatic carbocycles. The van der Waals surface area contributed by atoms with Crippen molar-refractivity contribution in [3.8, 4) is 0 Å². The topological polar surface area (TPSA) is 30.5 Å². The maximum absolute atomic E-state index is 5.54. The maximum Gasteiger partial charge on any atom is 0.0564 e. The van der Waals surface area contributed by atoms with Crippen LogP contribution in [0.4, 0.5) is 0 Å². The summed E-state index contributed by atoms with van der Waals surface area (Å²) in [4.78, 5) is 0. The molecule has 0 bridgehead atoms. The van der Waals surface area contributed by atoms with Gasteiger partial charge in [0.1, 0.15) is 0 Å². The van der Waals surface area contributed by atoms with Crippen LogP contribution in [0, 0.1) is 10.8 Å². The van der Waals surface area contributed by atoms with Crippen LogP contribution in [0.3, 0.4) is 0 Å². The molecule has 3 saturated heterocycles. The van der Waals surface area contributed by atoms with E-state index in [1.807, 2.05) is 0 Å². The Kier molecular flexibility index (Phi) is 1.04. The molecule has 0 unspecified atom stereocenters. The third-order valence-electron chi connectivity index (χ3n) is 3.57. The van der Waals surface area contributed by atoms with Gasteiger partial charge in [-0.3, -0.25) is 0 Å². The van der Waals surface area contributed by atoms with E-state index in [0.29, 0.717) is 10.8 Å². The van der Waals surface area contributed by atoms with Crippen LogP contribution in [0.2, 0.25) is 0 Å². The average Bonchev–Trinajstić information content (AvgIpc) is 2.40. The van der Waals surface area contributed by atoms with Crippen molar-refractivity contribution in [2.24, 2.45) is 10.8 Å². The molecule has 3 nitrogen and oxygen atoms in total. The molecule has 1 N–H and O–H groups in total. The molecule has 0 saturated carbocycles. The fourth-order valence-electron chi connectivity index (χ4n) is 2.70. The van der Waals surface area contributed by atoms with E-state index in [2.05, 4.69) is 5.32 Å². The van der Waals surface area contributed by atoms with Gasteiger partial charge in [0.25, 0.3) is 0 Å². The molecule has 11 heavy (non-hydrogen) atoms. The maximum atomic E-state index is 5.54. The highest BCUT2D eigenvalue weighted by Gasteiger charge is 2.62. The first-order valence-electron chi connectivity index (χ1n) is 4.23. The summed E-state index contributed by atoms with van der Waals surface area (Å²) in [5.74, 6) is 0. The Morgan fingerprint density at radius 1 is 0.818 bits per heavy atom. The van der Waals surface area contributed by atoms with E-state index in [-0.39, 0.29) is 0 Å². The molecule has 0 aromatic heterocycles. The third-order valence-corrected chi connectivity index (χ3v) is 3.57. The number of hydrogen-bond donors (Lipinski definition) is 1. The summed E-state index contributed by atoms with van der Waals surface area (Å²) < 4.78 is 11.1. The zero-order chi connectivity index (χ0) is 7.36. The van der Waals surface area contributed by atoms with Crippen LogP contribution in [0.25, 0.3) is 0 Å². The Morgan fingerprint density at radius 3 is 1.73 bits per heavy atom. The van der Waals surface area contributed by atoms with Crippen molar-refractivity contribution in [3.63, 3.8) is 0 Å². The van der Waals surface area contributed by atoms with Gasteiger partial charge < -0.3 is 14.8 Å². The summed E-state index contributed by atoms with van der Waals surface area (Å²) in [5.41, 5.74) is 0.681. The standard InChI is InChI=1S/C8H13NO2/c1-7-3-10-5-8(7,2-9-1)6-11-4-7/h9H,1-6H2.